The van der Waals surface area contributed by atoms with Crippen LogP contribution < -0.4 is 5.32 Å². The minimum atomic E-state index is -2.18. The third-order valence-electron chi connectivity index (χ3n) is 2.14. The number of carboxylic acid groups (broad SMARTS) is 1. The number of carboxylic acids is 1. The second-order valence-electron chi connectivity index (χ2n) is 3.55. The van der Waals surface area contributed by atoms with Crippen LogP contribution in [0.4, 0.5) is 0 Å². The molecular weight excluding hydrogens is 300 g/mol. The zero-order valence-electron chi connectivity index (χ0n) is 9.07. The van der Waals surface area contributed by atoms with Crippen molar-refractivity contribution in [2.75, 3.05) is 0 Å². The minimum Gasteiger partial charge on any atom is -0.480 e. The van der Waals surface area contributed by atoms with E-state index in [-0.39, 0.29) is 6.42 Å². The molecule has 0 spiro atoms. The van der Waals surface area contributed by atoms with Gasteiger partial charge in [0.1, 0.15) is 6.04 Å². The quantitative estimate of drug-likeness (QED) is 0.838. The molecule has 4 nitrogen and oxygen atoms in total. The van der Waals surface area contributed by atoms with Gasteiger partial charge in [-0.25, -0.2) is 4.79 Å². The van der Waals surface area contributed by atoms with E-state index in [4.69, 9.17) is 39.9 Å². The Labute approximate surface area is 119 Å². The Balaban J connectivity index is 2.73. The molecule has 0 aliphatic heterocycles. The standard InChI is InChI=1S/C11H10Cl3NO3/c12-11(13,14)10(18)15-8(9(16)17)6-7-4-2-1-3-5-7/h1-5,8H,6H2,(H,15,18)(H,16,17). The van der Waals surface area contributed by atoms with Crippen LogP contribution in [-0.2, 0) is 16.0 Å². The van der Waals surface area contributed by atoms with Crippen molar-refractivity contribution in [2.24, 2.45) is 0 Å². The van der Waals surface area contributed by atoms with Gasteiger partial charge in [-0.1, -0.05) is 65.1 Å². The summed E-state index contributed by atoms with van der Waals surface area (Å²) in [5, 5.41) is 11.2. The molecule has 0 radical (unpaired) electrons. The van der Waals surface area contributed by atoms with Crippen molar-refractivity contribution >= 4 is 46.7 Å². The summed E-state index contributed by atoms with van der Waals surface area (Å²) in [6, 6.07) is 7.69. The van der Waals surface area contributed by atoms with E-state index in [2.05, 4.69) is 5.32 Å². The second kappa shape index (κ2) is 6.27. The molecule has 18 heavy (non-hydrogen) atoms. The fourth-order valence-corrected chi connectivity index (χ4v) is 1.45. The van der Waals surface area contributed by atoms with Gasteiger partial charge in [0, 0.05) is 6.42 Å². The number of amides is 1. The van der Waals surface area contributed by atoms with Crippen LogP contribution >= 0.6 is 34.8 Å². The van der Waals surface area contributed by atoms with Crippen LogP contribution in [0.1, 0.15) is 5.56 Å². The molecule has 1 atom stereocenters. The smallest absolute Gasteiger partial charge is 0.326 e. The molecule has 0 aromatic heterocycles. The molecule has 0 saturated carbocycles. The van der Waals surface area contributed by atoms with E-state index in [0.717, 1.165) is 5.56 Å². The fourth-order valence-electron chi connectivity index (χ4n) is 1.29. The summed E-state index contributed by atoms with van der Waals surface area (Å²) in [5.74, 6) is -2.16. The number of alkyl halides is 3. The average Bonchev–Trinajstić information content (AvgIpc) is 2.28. The lowest BCUT2D eigenvalue weighted by molar-refractivity contribution is -0.141. The van der Waals surface area contributed by atoms with Crippen LogP contribution in [0.3, 0.4) is 0 Å². The third-order valence-corrected chi connectivity index (χ3v) is 2.66. The van der Waals surface area contributed by atoms with Gasteiger partial charge in [0.05, 0.1) is 0 Å². The maximum absolute atomic E-state index is 11.4. The Morgan fingerprint density at radius 3 is 2.22 bits per heavy atom. The lowest BCUT2D eigenvalue weighted by atomic mass is 10.1. The van der Waals surface area contributed by atoms with Crippen molar-refractivity contribution in [1.29, 1.82) is 0 Å². The van der Waals surface area contributed by atoms with E-state index >= 15 is 0 Å². The Hall–Kier alpha value is -0.970. The average molecular weight is 311 g/mol. The fraction of sp³-hybridized carbons (Fsp3) is 0.273. The molecular formula is C11H10Cl3NO3. The number of halogens is 3. The van der Waals surface area contributed by atoms with Crippen LogP contribution in [0.25, 0.3) is 0 Å². The normalized spacial score (nSPS) is 12.8. The van der Waals surface area contributed by atoms with E-state index in [9.17, 15) is 9.59 Å². The largest absolute Gasteiger partial charge is 0.480 e. The maximum atomic E-state index is 11.4. The van der Waals surface area contributed by atoms with Crippen LogP contribution in [0.15, 0.2) is 30.3 Å². The van der Waals surface area contributed by atoms with Crippen LogP contribution in [0.2, 0.25) is 0 Å². The number of aliphatic carboxylic acids is 1. The maximum Gasteiger partial charge on any atom is 0.326 e. The number of hydrogen-bond donors (Lipinski definition) is 2. The first-order valence-corrected chi connectivity index (χ1v) is 6.08. The highest BCUT2D eigenvalue weighted by atomic mass is 35.6. The number of nitrogens with one attached hydrogen (secondary N) is 1. The molecule has 0 aliphatic rings. The topological polar surface area (TPSA) is 66.4 Å². The second-order valence-corrected chi connectivity index (χ2v) is 5.83. The molecule has 0 fully saturated rings. The van der Waals surface area contributed by atoms with E-state index in [0.29, 0.717) is 0 Å². The van der Waals surface area contributed by atoms with E-state index < -0.39 is 21.7 Å². The Morgan fingerprint density at radius 2 is 1.78 bits per heavy atom. The predicted octanol–water partition coefficient (Wildman–Crippen LogP) is 2.17. The van der Waals surface area contributed by atoms with Gasteiger partial charge in [0.15, 0.2) is 0 Å². The molecule has 1 aromatic rings. The summed E-state index contributed by atoms with van der Waals surface area (Å²) in [5.41, 5.74) is 0.759. The third kappa shape index (κ3) is 4.72. The van der Waals surface area contributed by atoms with Gasteiger partial charge in [0.2, 0.25) is 0 Å². The highest BCUT2D eigenvalue weighted by molar-refractivity contribution is 6.76. The zero-order valence-corrected chi connectivity index (χ0v) is 11.3. The van der Waals surface area contributed by atoms with Crippen LogP contribution in [-0.4, -0.2) is 26.8 Å². The lowest BCUT2D eigenvalue weighted by Gasteiger charge is -2.17. The molecule has 0 heterocycles. The van der Waals surface area contributed by atoms with Crippen molar-refractivity contribution in [3.63, 3.8) is 0 Å². The first kappa shape index (κ1) is 15.1. The van der Waals surface area contributed by atoms with Gasteiger partial charge in [-0.05, 0) is 5.56 Å². The van der Waals surface area contributed by atoms with Crippen LogP contribution in [0.5, 0.6) is 0 Å². The van der Waals surface area contributed by atoms with Crippen molar-refractivity contribution in [1.82, 2.24) is 5.32 Å². The van der Waals surface area contributed by atoms with Crippen molar-refractivity contribution in [3.05, 3.63) is 35.9 Å². The Bertz CT molecular complexity index is 431. The van der Waals surface area contributed by atoms with Gasteiger partial charge >= 0.3 is 5.97 Å². The summed E-state index contributed by atoms with van der Waals surface area (Å²) in [7, 11) is 0. The Morgan fingerprint density at radius 1 is 1.22 bits per heavy atom. The first-order chi connectivity index (χ1) is 8.30. The number of hydrogen-bond acceptors (Lipinski definition) is 2. The highest BCUT2D eigenvalue weighted by Gasteiger charge is 2.33. The zero-order chi connectivity index (χ0) is 13.8. The molecule has 98 valence electrons. The minimum absolute atomic E-state index is 0.114. The molecule has 0 saturated heterocycles. The number of carbonyl (C=O) groups is 2. The number of rotatable bonds is 4. The molecule has 1 rings (SSSR count). The van der Waals surface area contributed by atoms with Gasteiger partial charge in [-0.3, -0.25) is 4.79 Å². The van der Waals surface area contributed by atoms with Crippen molar-refractivity contribution < 1.29 is 14.7 Å². The summed E-state index contributed by atoms with van der Waals surface area (Å²) >= 11 is 16.1. The summed E-state index contributed by atoms with van der Waals surface area (Å²) < 4.78 is -2.18. The highest BCUT2D eigenvalue weighted by Crippen LogP contribution is 2.26. The lowest BCUT2D eigenvalue weighted by Crippen LogP contribution is -2.46. The van der Waals surface area contributed by atoms with E-state index in [1.54, 1.807) is 30.3 Å². The first-order valence-electron chi connectivity index (χ1n) is 4.95. The summed E-state index contributed by atoms with van der Waals surface area (Å²) in [4.78, 5) is 22.4. The molecule has 0 aliphatic carbocycles. The predicted molar refractivity (Wildman–Crippen MR) is 70.0 cm³/mol. The molecule has 2 N–H and O–H groups in total. The van der Waals surface area contributed by atoms with Crippen LogP contribution in [0, 0.1) is 0 Å². The summed E-state index contributed by atoms with van der Waals surface area (Å²) in [6.45, 7) is 0. The molecule has 7 heteroatoms. The molecule has 0 bridgehead atoms. The number of carbonyl (C=O) groups excluding carboxylic acids is 1. The summed E-state index contributed by atoms with van der Waals surface area (Å²) in [6.07, 6.45) is 0.114. The van der Waals surface area contributed by atoms with E-state index in [1.165, 1.54) is 0 Å². The number of benzene rings is 1. The van der Waals surface area contributed by atoms with Gasteiger partial charge in [-0.2, -0.15) is 0 Å². The van der Waals surface area contributed by atoms with E-state index in [1.807, 2.05) is 0 Å². The monoisotopic (exact) mass is 309 g/mol. The molecule has 1 unspecified atom stereocenters. The van der Waals surface area contributed by atoms with Gasteiger partial charge in [0.25, 0.3) is 9.70 Å². The SMILES string of the molecule is O=C(O)C(Cc1ccccc1)NC(=O)C(Cl)(Cl)Cl. The van der Waals surface area contributed by atoms with Gasteiger partial charge in [-0.15, -0.1) is 0 Å². The molecule has 1 aromatic carbocycles. The molecule has 1 amide bonds. The van der Waals surface area contributed by atoms with Crippen molar-refractivity contribution in [2.45, 2.75) is 16.3 Å². The van der Waals surface area contributed by atoms with Gasteiger partial charge < -0.3 is 10.4 Å². The van der Waals surface area contributed by atoms with Crippen molar-refractivity contribution in [3.8, 4) is 0 Å². The Kier molecular flexibility index (Phi) is 5.26.